The van der Waals surface area contributed by atoms with Crippen molar-refractivity contribution in [3.05, 3.63) is 54.1 Å². The minimum atomic E-state index is -0.844. The number of imidazole rings is 1. The van der Waals surface area contributed by atoms with Crippen LogP contribution in [0.25, 0.3) is 16.7 Å². The summed E-state index contributed by atoms with van der Waals surface area (Å²) in [6.07, 6.45) is 0. The molecule has 0 bridgehead atoms. The maximum absolute atomic E-state index is 10.8. The van der Waals surface area contributed by atoms with Gasteiger partial charge in [-0.2, -0.15) is 0 Å². The number of fused-ring (bicyclic) bond motifs is 1. The zero-order chi connectivity index (χ0) is 14.8. The van der Waals surface area contributed by atoms with Crippen molar-refractivity contribution in [1.29, 1.82) is 0 Å². The lowest BCUT2D eigenvalue weighted by atomic mass is 10.2. The van der Waals surface area contributed by atoms with E-state index >= 15 is 0 Å². The van der Waals surface area contributed by atoms with E-state index in [0.717, 1.165) is 22.3 Å². The third-order valence-corrected chi connectivity index (χ3v) is 4.13. The van der Waals surface area contributed by atoms with Crippen LogP contribution < -0.4 is 0 Å². The fourth-order valence-electron chi connectivity index (χ4n) is 2.27. The van der Waals surface area contributed by atoms with Crippen LogP contribution >= 0.6 is 11.8 Å². The summed E-state index contributed by atoms with van der Waals surface area (Å²) in [4.78, 5) is 15.4. The van der Waals surface area contributed by atoms with E-state index in [2.05, 4.69) is 4.98 Å². The van der Waals surface area contributed by atoms with Gasteiger partial charge in [0.15, 0.2) is 5.16 Å². The van der Waals surface area contributed by atoms with Gasteiger partial charge in [0.05, 0.1) is 22.5 Å². The summed E-state index contributed by atoms with van der Waals surface area (Å²) < 4.78 is 2.03. The molecule has 0 aliphatic carbocycles. The lowest BCUT2D eigenvalue weighted by Gasteiger charge is -2.11. The molecule has 106 valence electrons. The number of rotatable bonds is 4. The fourth-order valence-corrected chi connectivity index (χ4v) is 3.02. The molecule has 0 saturated heterocycles. The molecular weight excluding hydrogens is 284 g/mol. The molecule has 0 fully saturated rings. The van der Waals surface area contributed by atoms with Gasteiger partial charge in [0.2, 0.25) is 0 Å². The highest BCUT2D eigenvalue weighted by atomic mass is 32.2. The monoisotopic (exact) mass is 298 g/mol. The maximum atomic E-state index is 10.8. The molecule has 5 heteroatoms. The molecule has 0 unspecified atom stereocenters. The minimum absolute atomic E-state index is 0.00476. The van der Waals surface area contributed by atoms with Gasteiger partial charge in [-0.05, 0) is 30.7 Å². The molecule has 0 radical (unpaired) electrons. The SMILES string of the molecule is Cc1ccccc1-n1c(SCC(=O)O)nc2ccccc21. The van der Waals surface area contributed by atoms with Crippen molar-refractivity contribution in [2.75, 3.05) is 5.75 Å². The molecule has 0 saturated carbocycles. The van der Waals surface area contributed by atoms with E-state index < -0.39 is 5.97 Å². The Hall–Kier alpha value is -2.27. The van der Waals surface area contributed by atoms with Gasteiger partial charge >= 0.3 is 5.97 Å². The van der Waals surface area contributed by atoms with Crippen molar-refractivity contribution in [3.63, 3.8) is 0 Å². The second-order valence-electron chi connectivity index (χ2n) is 4.69. The van der Waals surface area contributed by atoms with Crippen LogP contribution in [-0.2, 0) is 4.79 Å². The molecule has 21 heavy (non-hydrogen) atoms. The van der Waals surface area contributed by atoms with Gasteiger partial charge < -0.3 is 5.11 Å². The first-order valence-corrected chi connectivity index (χ1v) is 7.53. The van der Waals surface area contributed by atoms with Crippen LogP contribution in [0, 0.1) is 6.92 Å². The average Bonchev–Trinajstić information content (AvgIpc) is 2.84. The standard InChI is InChI=1S/C16H14N2O2S/c1-11-6-2-4-8-13(11)18-14-9-5-3-7-12(14)17-16(18)21-10-15(19)20/h2-9H,10H2,1H3,(H,19,20). The Balaban J connectivity index is 2.20. The molecule has 0 amide bonds. The summed E-state index contributed by atoms with van der Waals surface area (Å²) in [5.74, 6) is -0.849. The highest BCUT2D eigenvalue weighted by Crippen LogP contribution is 2.29. The number of aryl methyl sites for hydroxylation is 1. The number of hydrogen-bond acceptors (Lipinski definition) is 3. The van der Waals surface area contributed by atoms with E-state index in [-0.39, 0.29) is 5.75 Å². The van der Waals surface area contributed by atoms with Crippen LogP contribution in [0.5, 0.6) is 0 Å². The zero-order valence-corrected chi connectivity index (χ0v) is 12.3. The largest absolute Gasteiger partial charge is 0.481 e. The van der Waals surface area contributed by atoms with Crippen LogP contribution in [-0.4, -0.2) is 26.4 Å². The van der Waals surface area contributed by atoms with Crippen molar-refractivity contribution in [1.82, 2.24) is 9.55 Å². The summed E-state index contributed by atoms with van der Waals surface area (Å²) in [5.41, 5.74) is 4.00. The summed E-state index contributed by atoms with van der Waals surface area (Å²) >= 11 is 1.24. The highest BCUT2D eigenvalue weighted by Gasteiger charge is 2.14. The molecule has 0 spiro atoms. The van der Waals surface area contributed by atoms with E-state index in [1.807, 2.05) is 60.0 Å². The molecule has 2 aromatic carbocycles. The molecule has 0 aliphatic heterocycles. The lowest BCUT2D eigenvalue weighted by Crippen LogP contribution is -2.02. The normalized spacial score (nSPS) is 10.9. The number of aromatic nitrogens is 2. The smallest absolute Gasteiger partial charge is 0.313 e. The third-order valence-electron chi connectivity index (χ3n) is 3.21. The predicted molar refractivity (Wildman–Crippen MR) is 84.2 cm³/mol. The summed E-state index contributed by atoms with van der Waals surface area (Å²) in [6, 6.07) is 15.9. The van der Waals surface area contributed by atoms with Crippen LogP contribution in [0.2, 0.25) is 0 Å². The van der Waals surface area contributed by atoms with Gasteiger partial charge in [0.25, 0.3) is 0 Å². The molecule has 1 aromatic heterocycles. The molecule has 1 heterocycles. The first-order valence-electron chi connectivity index (χ1n) is 6.55. The molecule has 0 aliphatic rings. The number of nitrogens with zero attached hydrogens (tertiary/aromatic N) is 2. The Bertz CT molecular complexity index is 811. The minimum Gasteiger partial charge on any atom is -0.481 e. The molecule has 4 nitrogen and oxygen atoms in total. The number of carboxylic acid groups (broad SMARTS) is 1. The molecule has 3 rings (SSSR count). The quantitative estimate of drug-likeness (QED) is 0.749. The van der Waals surface area contributed by atoms with Gasteiger partial charge in [-0.25, -0.2) is 4.98 Å². The fraction of sp³-hybridized carbons (Fsp3) is 0.125. The molecule has 3 aromatic rings. The Kier molecular flexibility index (Phi) is 3.66. The van der Waals surface area contributed by atoms with E-state index in [0.29, 0.717) is 5.16 Å². The summed E-state index contributed by atoms with van der Waals surface area (Å²) in [6.45, 7) is 2.04. The third kappa shape index (κ3) is 2.64. The maximum Gasteiger partial charge on any atom is 0.313 e. The van der Waals surface area contributed by atoms with Crippen LogP contribution in [0.3, 0.4) is 0 Å². The number of carbonyl (C=O) groups is 1. The zero-order valence-electron chi connectivity index (χ0n) is 11.5. The average molecular weight is 298 g/mol. The molecule has 0 atom stereocenters. The van der Waals surface area contributed by atoms with Crippen molar-refractivity contribution in [3.8, 4) is 5.69 Å². The number of carboxylic acids is 1. The van der Waals surface area contributed by atoms with E-state index in [1.54, 1.807) is 0 Å². The van der Waals surface area contributed by atoms with Crippen molar-refractivity contribution in [2.45, 2.75) is 12.1 Å². The Morgan fingerprint density at radius 1 is 1.19 bits per heavy atom. The second kappa shape index (κ2) is 5.61. The van der Waals surface area contributed by atoms with E-state index in [1.165, 1.54) is 11.8 Å². The van der Waals surface area contributed by atoms with Crippen molar-refractivity contribution < 1.29 is 9.90 Å². The highest BCUT2D eigenvalue weighted by molar-refractivity contribution is 7.99. The molecular formula is C16H14N2O2S. The van der Waals surface area contributed by atoms with Gasteiger partial charge in [0.1, 0.15) is 0 Å². The Morgan fingerprint density at radius 3 is 2.67 bits per heavy atom. The van der Waals surface area contributed by atoms with Crippen LogP contribution in [0.15, 0.2) is 53.7 Å². The summed E-state index contributed by atoms with van der Waals surface area (Å²) in [7, 11) is 0. The second-order valence-corrected chi connectivity index (χ2v) is 5.63. The number of aliphatic carboxylic acids is 1. The molecule has 1 N–H and O–H groups in total. The Labute approximate surface area is 126 Å². The summed E-state index contributed by atoms with van der Waals surface area (Å²) in [5, 5.41) is 9.61. The number of para-hydroxylation sites is 3. The lowest BCUT2D eigenvalue weighted by molar-refractivity contribution is -0.133. The van der Waals surface area contributed by atoms with Crippen LogP contribution in [0.1, 0.15) is 5.56 Å². The number of hydrogen-bond donors (Lipinski definition) is 1. The van der Waals surface area contributed by atoms with Gasteiger partial charge in [-0.3, -0.25) is 9.36 Å². The first-order chi connectivity index (χ1) is 10.2. The van der Waals surface area contributed by atoms with Gasteiger partial charge in [0, 0.05) is 0 Å². The van der Waals surface area contributed by atoms with Crippen molar-refractivity contribution in [2.24, 2.45) is 0 Å². The van der Waals surface area contributed by atoms with Crippen molar-refractivity contribution >= 4 is 28.8 Å². The topological polar surface area (TPSA) is 55.1 Å². The van der Waals surface area contributed by atoms with Gasteiger partial charge in [-0.15, -0.1) is 0 Å². The van der Waals surface area contributed by atoms with E-state index in [9.17, 15) is 4.79 Å². The Morgan fingerprint density at radius 2 is 1.90 bits per heavy atom. The predicted octanol–water partition coefficient (Wildman–Crippen LogP) is 3.51. The first kappa shape index (κ1) is 13.7. The van der Waals surface area contributed by atoms with E-state index in [4.69, 9.17) is 5.11 Å². The van der Waals surface area contributed by atoms with Gasteiger partial charge in [-0.1, -0.05) is 42.1 Å². The van der Waals surface area contributed by atoms with Crippen LogP contribution in [0.4, 0.5) is 0 Å². The number of thioether (sulfide) groups is 1. The number of benzene rings is 2.